The van der Waals surface area contributed by atoms with Crippen LogP contribution in [0.1, 0.15) is 42.4 Å². The van der Waals surface area contributed by atoms with Crippen molar-refractivity contribution in [1.82, 2.24) is 0 Å². The van der Waals surface area contributed by atoms with Crippen LogP contribution in [-0.4, -0.2) is 13.9 Å². The maximum atomic E-state index is 12.8. The van der Waals surface area contributed by atoms with E-state index in [0.717, 1.165) is 64.6 Å². The molecule has 0 atom stereocenters. The third kappa shape index (κ3) is 3.32. The van der Waals surface area contributed by atoms with Crippen molar-refractivity contribution in [3.8, 4) is 0 Å². The van der Waals surface area contributed by atoms with Crippen LogP contribution in [0.3, 0.4) is 0 Å². The molecular weight excluding hydrogens is 453 g/mol. The summed E-state index contributed by atoms with van der Waals surface area (Å²) >= 11 is 3.51. The van der Waals surface area contributed by atoms with Gasteiger partial charge >= 0.3 is 5.51 Å². The summed E-state index contributed by atoms with van der Waals surface area (Å²) in [6.07, 6.45) is 4.13. The standard InChI is InChI=1S/C21H18BrF3O2S/c1-13-10-15(4-7-19(13)22)18-12-20(8-9-20)11-17(18)14-2-5-16(6-3-14)28(26,27)21(23,24)25/h2-7,10H,8-9,11-12H2,1H3. The number of benzene rings is 2. The lowest BCUT2D eigenvalue weighted by atomic mass is 9.96. The van der Waals surface area contributed by atoms with Gasteiger partial charge in [0.25, 0.3) is 9.84 Å². The zero-order valence-corrected chi connectivity index (χ0v) is 17.5. The summed E-state index contributed by atoms with van der Waals surface area (Å²) in [6, 6.07) is 11.3. The van der Waals surface area contributed by atoms with Crippen LogP contribution in [-0.2, 0) is 9.84 Å². The number of allylic oxidation sites excluding steroid dienone is 2. The third-order valence-electron chi connectivity index (χ3n) is 5.75. The molecule has 1 saturated carbocycles. The Morgan fingerprint density at radius 2 is 1.46 bits per heavy atom. The van der Waals surface area contributed by atoms with Gasteiger partial charge in [-0.05, 0) is 84.1 Å². The van der Waals surface area contributed by atoms with E-state index in [1.807, 2.05) is 13.0 Å². The number of aryl methyl sites for hydroxylation is 1. The predicted molar refractivity (Wildman–Crippen MR) is 106 cm³/mol. The van der Waals surface area contributed by atoms with Crippen LogP contribution in [0.15, 0.2) is 51.8 Å². The van der Waals surface area contributed by atoms with E-state index in [1.165, 1.54) is 17.7 Å². The lowest BCUT2D eigenvalue weighted by Crippen LogP contribution is -2.23. The van der Waals surface area contributed by atoms with Gasteiger partial charge in [-0.15, -0.1) is 0 Å². The molecular formula is C21H18BrF3O2S. The van der Waals surface area contributed by atoms with E-state index >= 15 is 0 Å². The molecule has 0 amide bonds. The van der Waals surface area contributed by atoms with E-state index in [1.54, 1.807) is 0 Å². The molecule has 0 heterocycles. The minimum Gasteiger partial charge on any atom is -0.214 e. The number of hydrogen-bond acceptors (Lipinski definition) is 2. The first-order valence-electron chi connectivity index (χ1n) is 8.93. The van der Waals surface area contributed by atoms with Crippen LogP contribution >= 0.6 is 15.9 Å². The zero-order chi connectivity index (χ0) is 20.3. The number of halogens is 4. The van der Waals surface area contributed by atoms with Gasteiger partial charge in [-0.25, -0.2) is 8.42 Å². The Morgan fingerprint density at radius 3 is 1.96 bits per heavy atom. The first-order chi connectivity index (χ1) is 13.0. The van der Waals surface area contributed by atoms with Crippen LogP contribution in [0.5, 0.6) is 0 Å². The first-order valence-corrected chi connectivity index (χ1v) is 11.2. The minimum atomic E-state index is -5.32. The molecule has 2 nitrogen and oxygen atoms in total. The Labute approximate surface area is 170 Å². The molecule has 0 saturated heterocycles. The average molecular weight is 471 g/mol. The van der Waals surface area contributed by atoms with Crippen molar-refractivity contribution in [3.63, 3.8) is 0 Å². The van der Waals surface area contributed by atoms with Crippen molar-refractivity contribution >= 4 is 36.9 Å². The molecule has 0 radical (unpaired) electrons. The van der Waals surface area contributed by atoms with Crippen LogP contribution in [0.4, 0.5) is 13.2 Å². The summed E-state index contributed by atoms with van der Waals surface area (Å²) < 4.78 is 62.6. The van der Waals surface area contributed by atoms with Crippen molar-refractivity contribution in [1.29, 1.82) is 0 Å². The maximum absolute atomic E-state index is 12.8. The fourth-order valence-corrected chi connectivity index (χ4v) is 4.92. The topological polar surface area (TPSA) is 34.1 Å². The van der Waals surface area contributed by atoms with Crippen molar-refractivity contribution in [2.45, 2.75) is 43.0 Å². The number of alkyl halides is 3. The van der Waals surface area contributed by atoms with Crippen molar-refractivity contribution in [3.05, 3.63) is 63.6 Å². The molecule has 148 valence electrons. The summed E-state index contributed by atoms with van der Waals surface area (Å²) in [7, 11) is -5.32. The monoisotopic (exact) mass is 470 g/mol. The fraction of sp³-hybridized carbons (Fsp3) is 0.333. The second kappa shape index (κ2) is 6.46. The van der Waals surface area contributed by atoms with Crippen LogP contribution in [0.25, 0.3) is 11.1 Å². The molecule has 2 aliphatic rings. The normalized spacial score (nSPS) is 18.8. The van der Waals surface area contributed by atoms with Crippen LogP contribution < -0.4 is 0 Å². The number of rotatable bonds is 3. The third-order valence-corrected chi connectivity index (χ3v) is 8.14. The smallest absolute Gasteiger partial charge is 0.214 e. The van der Waals surface area contributed by atoms with Gasteiger partial charge in [0.05, 0.1) is 4.90 Å². The largest absolute Gasteiger partial charge is 0.501 e. The lowest BCUT2D eigenvalue weighted by Gasteiger charge is -2.12. The fourth-order valence-electron chi connectivity index (χ4n) is 3.91. The van der Waals surface area contributed by atoms with Gasteiger partial charge in [-0.3, -0.25) is 0 Å². The van der Waals surface area contributed by atoms with Gasteiger partial charge in [-0.1, -0.05) is 40.2 Å². The number of hydrogen-bond donors (Lipinski definition) is 0. The molecule has 4 rings (SSSR count). The van der Waals surface area contributed by atoms with E-state index in [9.17, 15) is 21.6 Å². The Bertz CT molecular complexity index is 1080. The van der Waals surface area contributed by atoms with Crippen LogP contribution in [0, 0.1) is 12.3 Å². The van der Waals surface area contributed by atoms with E-state index in [4.69, 9.17) is 0 Å². The second-order valence-electron chi connectivity index (χ2n) is 7.75. The number of sulfone groups is 1. The molecule has 7 heteroatoms. The molecule has 2 aliphatic carbocycles. The molecule has 1 spiro atoms. The predicted octanol–water partition coefficient (Wildman–Crippen LogP) is 6.54. The summed E-state index contributed by atoms with van der Waals surface area (Å²) in [5, 5.41) is 0. The maximum Gasteiger partial charge on any atom is 0.501 e. The molecule has 2 aromatic carbocycles. The van der Waals surface area contributed by atoms with Crippen molar-refractivity contribution in [2.24, 2.45) is 5.41 Å². The molecule has 0 aliphatic heterocycles. The van der Waals surface area contributed by atoms with Gasteiger partial charge in [0.15, 0.2) is 0 Å². The summed E-state index contributed by atoms with van der Waals surface area (Å²) in [5.74, 6) is 0. The highest BCUT2D eigenvalue weighted by Crippen LogP contribution is 2.63. The van der Waals surface area contributed by atoms with Gasteiger partial charge < -0.3 is 0 Å². The minimum absolute atomic E-state index is 0.266. The van der Waals surface area contributed by atoms with Gasteiger partial charge in [-0.2, -0.15) is 13.2 Å². The highest BCUT2D eigenvalue weighted by atomic mass is 79.9. The molecule has 0 unspecified atom stereocenters. The van der Waals surface area contributed by atoms with Crippen molar-refractivity contribution in [2.75, 3.05) is 0 Å². The summed E-state index contributed by atoms with van der Waals surface area (Å²) in [4.78, 5) is -0.718. The Balaban J connectivity index is 1.76. The quantitative estimate of drug-likeness (QED) is 0.510. The zero-order valence-electron chi connectivity index (χ0n) is 15.1. The Hall–Kier alpha value is -1.60. The molecule has 28 heavy (non-hydrogen) atoms. The van der Waals surface area contributed by atoms with Crippen molar-refractivity contribution < 1.29 is 21.6 Å². The van der Waals surface area contributed by atoms with E-state index < -0.39 is 20.2 Å². The highest BCUT2D eigenvalue weighted by molar-refractivity contribution is 9.10. The lowest BCUT2D eigenvalue weighted by molar-refractivity contribution is -0.0436. The molecule has 2 aromatic rings. The average Bonchev–Trinajstić information content (AvgIpc) is 3.27. The SMILES string of the molecule is Cc1cc(C2=C(c3ccc(S(=O)(=O)C(F)(F)F)cc3)CC3(CC3)C2)ccc1Br. The molecule has 0 aromatic heterocycles. The summed E-state index contributed by atoms with van der Waals surface area (Å²) in [5.41, 5.74) is 0.316. The van der Waals surface area contributed by atoms with E-state index in [-0.39, 0.29) is 5.41 Å². The Kier molecular flexibility index (Phi) is 4.54. The first kappa shape index (κ1) is 19.7. The molecule has 0 bridgehead atoms. The van der Waals surface area contributed by atoms with Gasteiger partial charge in [0, 0.05) is 4.47 Å². The second-order valence-corrected chi connectivity index (χ2v) is 10.5. The summed E-state index contributed by atoms with van der Waals surface area (Å²) in [6.45, 7) is 2.02. The molecule has 0 N–H and O–H groups in total. The van der Waals surface area contributed by atoms with Gasteiger partial charge in [0.2, 0.25) is 0 Å². The van der Waals surface area contributed by atoms with E-state index in [0.29, 0.717) is 0 Å². The van der Waals surface area contributed by atoms with E-state index in [2.05, 4.69) is 28.1 Å². The molecule has 1 fully saturated rings. The van der Waals surface area contributed by atoms with Crippen LogP contribution in [0.2, 0.25) is 0 Å². The van der Waals surface area contributed by atoms with Gasteiger partial charge in [0.1, 0.15) is 0 Å². The Morgan fingerprint density at radius 1 is 0.929 bits per heavy atom. The highest BCUT2D eigenvalue weighted by Gasteiger charge is 2.49.